The largest absolute Gasteiger partial charge is 0.444 e. The van der Waals surface area contributed by atoms with Crippen LogP contribution < -0.4 is 5.32 Å². The van der Waals surface area contributed by atoms with Crippen molar-refractivity contribution in [3.8, 4) is 0 Å². The highest BCUT2D eigenvalue weighted by atomic mass is 79.9. The van der Waals surface area contributed by atoms with Gasteiger partial charge in [-0.3, -0.25) is 4.79 Å². The number of ether oxygens (including phenoxy) is 1. The van der Waals surface area contributed by atoms with E-state index < -0.39 is 17.2 Å². The van der Waals surface area contributed by atoms with Crippen LogP contribution >= 0.6 is 15.9 Å². The van der Waals surface area contributed by atoms with Crippen molar-refractivity contribution < 1.29 is 18.7 Å². The monoisotopic (exact) mass is 537 g/mol. The molecule has 0 bridgehead atoms. The number of nitrogens with zero attached hydrogens (tertiary/aromatic N) is 2. The van der Waals surface area contributed by atoms with Crippen LogP contribution in [0.2, 0.25) is 0 Å². The van der Waals surface area contributed by atoms with Gasteiger partial charge < -0.3 is 19.9 Å². The van der Waals surface area contributed by atoms with Gasteiger partial charge in [-0.25, -0.2) is 9.18 Å². The van der Waals surface area contributed by atoms with Crippen molar-refractivity contribution in [1.82, 2.24) is 15.1 Å². The lowest BCUT2D eigenvalue weighted by Gasteiger charge is -2.49. The first-order valence-corrected chi connectivity index (χ1v) is 12.4. The molecular weight excluding hydrogens is 501 g/mol. The van der Waals surface area contributed by atoms with E-state index >= 15 is 0 Å². The van der Waals surface area contributed by atoms with Crippen molar-refractivity contribution >= 4 is 33.5 Å². The fraction of sp³-hybridized carbons (Fsp3) is 0.538. The van der Waals surface area contributed by atoms with E-state index in [0.717, 1.165) is 27.9 Å². The summed E-state index contributed by atoms with van der Waals surface area (Å²) in [5.41, 5.74) is 1.43. The van der Waals surface area contributed by atoms with Gasteiger partial charge in [0.05, 0.1) is 10.1 Å². The number of allylic oxidation sites excluding steroid dienone is 1. The molecule has 0 radical (unpaired) electrons. The zero-order valence-corrected chi connectivity index (χ0v) is 22.9. The SMILES string of the molecule is C=C1N(/C(Br)=C(/c2ccc(F)cc2)C(C)CC)CCN(C(=O)CNC(=O)OC(C)(C)C)C1(C)C. The first kappa shape index (κ1) is 27.9. The second-order valence-electron chi connectivity index (χ2n) is 10.1. The summed E-state index contributed by atoms with van der Waals surface area (Å²) in [6.45, 7) is 18.6. The summed E-state index contributed by atoms with van der Waals surface area (Å²) in [6.07, 6.45) is 0.284. The lowest BCUT2D eigenvalue weighted by atomic mass is 9.90. The van der Waals surface area contributed by atoms with Crippen LogP contribution in [0.25, 0.3) is 5.57 Å². The van der Waals surface area contributed by atoms with Crippen molar-refractivity contribution in [3.63, 3.8) is 0 Å². The van der Waals surface area contributed by atoms with E-state index in [1.165, 1.54) is 12.1 Å². The van der Waals surface area contributed by atoms with Gasteiger partial charge in [0.15, 0.2) is 0 Å². The fourth-order valence-corrected chi connectivity index (χ4v) is 4.91. The summed E-state index contributed by atoms with van der Waals surface area (Å²) >= 11 is 3.80. The van der Waals surface area contributed by atoms with E-state index in [1.54, 1.807) is 37.8 Å². The number of rotatable bonds is 6. The molecule has 0 saturated carbocycles. The minimum Gasteiger partial charge on any atom is -0.444 e. The molecular formula is C26H37BrFN3O3. The number of piperazine rings is 1. The molecule has 6 nitrogen and oxygen atoms in total. The summed E-state index contributed by atoms with van der Waals surface area (Å²) in [6, 6.07) is 6.50. The molecule has 2 amide bonds. The third kappa shape index (κ3) is 6.62. The number of carbonyl (C=O) groups excluding carboxylic acids is 2. The molecule has 8 heteroatoms. The molecule has 0 aromatic heterocycles. The third-order valence-electron chi connectivity index (χ3n) is 6.06. The second kappa shape index (κ2) is 10.9. The van der Waals surface area contributed by atoms with Crippen LogP contribution in [0.1, 0.15) is 60.5 Å². The highest BCUT2D eigenvalue weighted by molar-refractivity contribution is 9.11. The molecule has 2 rings (SSSR count). The van der Waals surface area contributed by atoms with E-state index in [9.17, 15) is 14.0 Å². The van der Waals surface area contributed by atoms with Crippen LogP contribution in [0.15, 0.2) is 41.1 Å². The number of halogens is 2. The molecule has 1 heterocycles. The van der Waals surface area contributed by atoms with Gasteiger partial charge in [-0.05, 0) is 86.2 Å². The number of hydrogen-bond donors (Lipinski definition) is 1. The van der Waals surface area contributed by atoms with Gasteiger partial charge in [0.25, 0.3) is 0 Å². The van der Waals surface area contributed by atoms with Crippen molar-refractivity contribution in [2.24, 2.45) is 5.92 Å². The topological polar surface area (TPSA) is 61.9 Å². The molecule has 1 saturated heterocycles. The first-order valence-electron chi connectivity index (χ1n) is 11.6. The number of amides is 2. The number of carbonyl (C=O) groups is 2. The fourth-order valence-electron chi connectivity index (χ4n) is 3.90. The number of hydrogen-bond acceptors (Lipinski definition) is 4. The minimum absolute atomic E-state index is 0.156. The van der Waals surface area contributed by atoms with Crippen LogP contribution in [-0.2, 0) is 9.53 Å². The Labute approximate surface area is 211 Å². The van der Waals surface area contributed by atoms with Gasteiger partial charge >= 0.3 is 6.09 Å². The summed E-state index contributed by atoms with van der Waals surface area (Å²) in [5, 5.41) is 2.54. The molecule has 0 spiro atoms. The Morgan fingerprint density at radius 1 is 1.24 bits per heavy atom. The average Bonchev–Trinajstić information content (AvgIpc) is 2.73. The van der Waals surface area contributed by atoms with Gasteiger partial charge in [0.1, 0.15) is 18.0 Å². The Hall–Kier alpha value is -2.35. The first-order chi connectivity index (χ1) is 15.7. The summed E-state index contributed by atoms with van der Waals surface area (Å²) in [5.74, 6) is -0.271. The average molecular weight is 539 g/mol. The second-order valence-corrected chi connectivity index (χ2v) is 10.8. The molecule has 1 aromatic carbocycles. The maximum absolute atomic E-state index is 13.5. The van der Waals surface area contributed by atoms with Crippen molar-refractivity contribution in [3.05, 3.63) is 52.5 Å². The number of alkyl carbamates (subject to hydrolysis) is 1. The molecule has 1 aliphatic rings. The highest BCUT2D eigenvalue weighted by Gasteiger charge is 2.41. The molecule has 1 fully saturated rings. The number of benzene rings is 1. The Morgan fingerprint density at radius 2 is 1.82 bits per heavy atom. The zero-order chi connectivity index (χ0) is 25.8. The smallest absolute Gasteiger partial charge is 0.408 e. The summed E-state index contributed by atoms with van der Waals surface area (Å²) in [7, 11) is 0. The summed E-state index contributed by atoms with van der Waals surface area (Å²) in [4.78, 5) is 28.8. The highest BCUT2D eigenvalue weighted by Crippen LogP contribution is 2.40. The number of nitrogens with one attached hydrogen (secondary N) is 1. The van der Waals surface area contributed by atoms with Crippen LogP contribution in [0.3, 0.4) is 0 Å². The quantitative estimate of drug-likeness (QED) is 0.459. The Morgan fingerprint density at radius 3 is 2.35 bits per heavy atom. The van der Waals surface area contributed by atoms with Crippen LogP contribution in [0.4, 0.5) is 9.18 Å². The van der Waals surface area contributed by atoms with E-state index in [0.29, 0.717) is 13.1 Å². The van der Waals surface area contributed by atoms with Gasteiger partial charge in [0, 0.05) is 18.8 Å². The van der Waals surface area contributed by atoms with Crippen LogP contribution in [-0.4, -0.2) is 52.6 Å². The summed E-state index contributed by atoms with van der Waals surface area (Å²) < 4.78 is 19.6. The van der Waals surface area contributed by atoms with E-state index in [4.69, 9.17) is 4.74 Å². The normalized spacial score (nSPS) is 17.7. The minimum atomic E-state index is -0.687. The third-order valence-corrected chi connectivity index (χ3v) is 6.91. The Balaban J connectivity index is 2.25. The molecule has 1 unspecified atom stereocenters. The van der Waals surface area contributed by atoms with Crippen molar-refractivity contribution in [2.75, 3.05) is 19.6 Å². The maximum Gasteiger partial charge on any atom is 0.408 e. The molecule has 34 heavy (non-hydrogen) atoms. The Kier molecular flexibility index (Phi) is 8.97. The predicted molar refractivity (Wildman–Crippen MR) is 138 cm³/mol. The van der Waals surface area contributed by atoms with Gasteiger partial charge in [-0.15, -0.1) is 0 Å². The standard InChI is InChI=1S/C26H37BrFN3O3/c1-9-17(2)22(19-10-12-20(28)13-11-19)23(27)30-14-15-31(26(7,8)18(30)3)21(32)16-29-24(33)34-25(4,5)6/h10-13,17H,3,9,14-16H2,1-2,4-8H3,(H,29,33)/b23-22+. The molecule has 1 N–H and O–H groups in total. The van der Waals surface area contributed by atoms with Gasteiger partial charge in [-0.2, -0.15) is 0 Å². The van der Waals surface area contributed by atoms with Gasteiger partial charge in [0.2, 0.25) is 5.91 Å². The van der Waals surface area contributed by atoms with E-state index in [-0.39, 0.29) is 24.2 Å². The van der Waals surface area contributed by atoms with Gasteiger partial charge in [-0.1, -0.05) is 32.6 Å². The molecule has 0 aliphatic carbocycles. The molecule has 1 aliphatic heterocycles. The predicted octanol–water partition coefficient (Wildman–Crippen LogP) is 5.90. The maximum atomic E-state index is 13.5. The van der Waals surface area contributed by atoms with Crippen molar-refractivity contribution in [1.29, 1.82) is 0 Å². The molecule has 188 valence electrons. The molecule has 1 aromatic rings. The Bertz CT molecular complexity index is 951. The lowest BCUT2D eigenvalue weighted by molar-refractivity contribution is -0.136. The van der Waals surface area contributed by atoms with E-state index in [2.05, 4.69) is 46.6 Å². The lowest BCUT2D eigenvalue weighted by Crippen LogP contribution is -2.60. The zero-order valence-electron chi connectivity index (χ0n) is 21.3. The van der Waals surface area contributed by atoms with Crippen LogP contribution in [0, 0.1) is 11.7 Å². The molecule has 1 atom stereocenters. The van der Waals surface area contributed by atoms with Crippen molar-refractivity contribution in [2.45, 2.75) is 66.0 Å². The van der Waals surface area contributed by atoms with E-state index in [1.807, 2.05) is 13.8 Å². The van der Waals surface area contributed by atoms with Crippen LogP contribution in [0.5, 0.6) is 0 Å².